The Balaban J connectivity index is 1.96. The molecule has 2 N–H and O–H groups in total. The van der Waals surface area contributed by atoms with E-state index in [4.69, 9.17) is 28.5 Å². The highest BCUT2D eigenvalue weighted by Crippen LogP contribution is 2.25. The zero-order valence-corrected chi connectivity index (χ0v) is 13.8. The number of carbonyl (C=O) groups excluding carboxylic acids is 1. The molecule has 1 aromatic carbocycles. The SMILES string of the molecule is CC(NNC(=O)c1cc[n+]([B-]C#N)cc1)c1ccc(Cl)cc1Cl. The molecular formula is C15H13BCl2N4O. The number of halogens is 2. The van der Waals surface area contributed by atoms with Gasteiger partial charge in [-0.2, -0.15) is 0 Å². The number of rotatable bonds is 5. The van der Waals surface area contributed by atoms with Crippen molar-refractivity contribution in [2.45, 2.75) is 13.0 Å². The average Bonchev–Trinajstić information content (AvgIpc) is 2.53. The van der Waals surface area contributed by atoms with E-state index in [0.29, 0.717) is 15.6 Å². The average molecular weight is 347 g/mol. The van der Waals surface area contributed by atoms with Crippen LogP contribution in [0.2, 0.25) is 10.0 Å². The quantitative estimate of drug-likeness (QED) is 0.644. The monoisotopic (exact) mass is 346 g/mol. The summed E-state index contributed by atoms with van der Waals surface area (Å²) in [5, 5.41) is 9.64. The number of carbonyl (C=O) groups is 1. The highest BCUT2D eigenvalue weighted by molar-refractivity contribution is 6.35. The zero-order chi connectivity index (χ0) is 16.8. The fourth-order valence-electron chi connectivity index (χ4n) is 1.92. The molecule has 116 valence electrons. The Labute approximate surface area is 145 Å². The number of pyridine rings is 1. The summed E-state index contributed by atoms with van der Waals surface area (Å²) in [5.41, 5.74) is 6.82. The molecular weight excluding hydrogens is 334 g/mol. The highest BCUT2D eigenvalue weighted by Gasteiger charge is 2.12. The number of benzene rings is 1. The van der Waals surface area contributed by atoms with Crippen LogP contribution in [0.3, 0.4) is 0 Å². The first-order valence-electron chi connectivity index (χ1n) is 6.76. The van der Waals surface area contributed by atoms with Crippen LogP contribution in [0.25, 0.3) is 0 Å². The molecule has 1 atom stereocenters. The Bertz CT molecular complexity index is 746. The molecule has 1 aromatic heterocycles. The molecule has 0 saturated heterocycles. The first-order valence-corrected chi connectivity index (χ1v) is 7.51. The third kappa shape index (κ3) is 4.70. The molecule has 0 saturated carbocycles. The maximum atomic E-state index is 12.1. The Kier molecular flexibility index (Phi) is 6.00. The molecule has 23 heavy (non-hydrogen) atoms. The minimum atomic E-state index is -0.286. The number of nitrogens with one attached hydrogen (secondary N) is 2. The lowest BCUT2D eigenvalue weighted by Crippen LogP contribution is -2.41. The van der Waals surface area contributed by atoms with Gasteiger partial charge in [-0.25, -0.2) is 10.7 Å². The van der Waals surface area contributed by atoms with Crippen molar-refractivity contribution >= 4 is 36.5 Å². The van der Waals surface area contributed by atoms with Gasteiger partial charge in [0.2, 0.25) is 7.41 Å². The molecule has 1 unspecified atom stereocenters. The number of nitrogens with zero attached hydrogens (tertiary/aromatic N) is 2. The summed E-state index contributed by atoms with van der Waals surface area (Å²) in [6.07, 6.45) is 3.25. The van der Waals surface area contributed by atoms with Gasteiger partial charge in [-0.3, -0.25) is 10.2 Å². The molecule has 8 heteroatoms. The minimum Gasteiger partial charge on any atom is -0.461 e. The molecule has 2 rings (SSSR count). The highest BCUT2D eigenvalue weighted by atomic mass is 35.5. The molecule has 0 aliphatic heterocycles. The maximum Gasteiger partial charge on any atom is 0.265 e. The topological polar surface area (TPSA) is 68.8 Å². The number of hydrogen-bond donors (Lipinski definition) is 2. The standard InChI is InChI=1S/C15H12BCl2N4O/c1-10(13-3-2-12(17)8-14(13)18)20-21-15(23)11-4-6-22(7-5-11)16-9-19/h2-8,10,20H,1H3/q-1/p+1. The molecule has 0 spiro atoms. The fourth-order valence-corrected chi connectivity index (χ4v) is 2.49. The smallest absolute Gasteiger partial charge is 0.265 e. The number of hydrogen-bond acceptors (Lipinski definition) is 3. The lowest BCUT2D eigenvalue weighted by Gasteiger charge is -2.16. The van der Waals surface area contributed by atoms with E-state index < -0.39 is 0 Å². The molecule has 5 nitrogen and oxygen atoms in total. The fraction of sp³-hybridized carbons (Fsp3) is 0.133. The van der Waals surface area contributed by atoms with Crippen LogP contribution in [0.15, 0.2) is 42.7 Å². The van der Waals surface area contributed by atoms with Crippen molar-refractivity contribution in [1.29, 1.82) is 5.26 Å². The van der Waals surface area contributed by atoms with Gasteiger partial charge in [0.05, 0.1) is 5.56 Å². The van der Waals surface area contributed by atoms with Crippen molar-refractivity contribution < 1.29 is 9.27 Å². The van der Waals surface area contributed by atoms with Gasteiger partial charge in [0, 0.05) is 28.2 Å². The van der Waals surface area contributed by atoms with Gasteiger partial charge in [-0.05, 0) is 24.6 Å². The van der Waals surface area contributed by atoms with Crippen LogP contribution < -0.4 is 15.3 Å². The van der Waals surface area contributed by atoms with Crippen LogP contribution in [-0.2, 0) is 0 Å². The van der Waals surface area contributed by atoms with Gasteiger partial charge in [-0.15, -0.1) is 5.97 Å². The van der Waals surface area contributed by atoms with Crippen LogP contribution in [-0.4, -0.2) is 13.3 Å². The maximum absolute atomic E-state index is 12.1. The lowest BCUT2D eigenvalue weighted by molar-refractivity contribution is -0.527. The van der Waals surface area contributed by atoms with Gasteiger partial charge < -0.3 is 4.48 Å². The van der Waals surface area contributed by atoms with Crippen molar-refractivity contribution in [3.63, 3.8) is 0 Å². The van der Waals surface area contributed by atoms with Crippen LogP contribution in [0, 0.1) is 11.2 Å². The van der Waals surface area contributed by atoms with Crippen molar-refractivity contribution in [2.75, 3.05) is 0 Å². The van der Waals surface area contributed by atoms with Crippen LogP contribution >= 0.6 is 23.2 Å². The molecule has 1 amide bonds. The summed E-state index contributed by atoms with van der Waals surface area (Å²) in [4.78, 5) is 12.1. The largest absolute Gasteiger partial charge is 0.461 e. The molecule has 1 heterocycles. The van der Waals surface area contributed by atoms with Crippen molar-refractivity contribution in [1.82, 2.24) is 10.9 Å². The molecule has 0 aliphatic rings. The minimum absolute atomic E-state index is 0.190. The van der Waals surface area contributed by atoms with E-state index in [1.807, 2.05) is 12.9 Å². The Morgan fingerprint density at radius 2 is 2.00 bits per heavy atom. The molecule has 0 bridgehead atoms. The second kappa shape index (κ2) is 7.98. The Morgan fingerprint density at radius 3 is 2.61 bits per heavy atom. The van der Waals surface area contributed by atoms with Crippen molar-refractivity contribution in [3.05, 3.63) is 63.9 Å². The van der Waals surface area contributed by atoms with Crippen LogP contribution in [0.1, 0.15) is 28.9 Å². The van der Waals surface area contributed by atoms with Crippen LogP contribution in [0.5, 0.6) is 0 Å². The van der Waals surface area contributed by atoms with Crippen molar-refractivity contribution in [2.24, 2.45) is 0 Å². The summed E-state index contributed by atoms with van der Waals surface area (Å²) >= 11 is 12.0. The number of amides is 1. The molecule has 2 radical (unpaired) electrons. The summed E-state index contributed by atoms with van der Waals surface area (Å²) < 4.78 is 1.56. The first-order chi connectivity index (χ1) is 11.0. The van der Waals surface area contributed by atoms with E-state index in [1.165, 1.54) is 7.41 Å². The Hall–Kier alpha value is -2.07. The summed E-state index contributed by atoms with van der Waals surface area (Å²) in [5.74, 6) is 1.62. The third-order valence-corrected chi connectivity index (χ3v) is 3.72. The summed E-state index contributed by atoms with van der Waals surface area (Å²) in [6.45, 7) is 1.87. The number of aromatic nitrogens is 1. The van der Waals surface area contributed by atoms with Gasteiger partial charge >= 0.3 is 0 Å². The van der Waals surface area contributed by atoms with Gasteiger partial charge in [0.1, 0.15) is 12.4 Å². The van der Waals surface area contributed by atoms with Gasteiger partial charge in [-0.1, -0.05) is 29.3 Å². The van der Waals surface area contributed by atoms with Gasteiger partial charge in [0.15, 0.2) is 0 Å². The predicted octanol–water partition coefficient (Wildman–Crippen LogP) is 2.22. The van der Waals surface area contributed by atoms with E-state index in [-0.39, 0.29) is 11.9 Å². The number of nitriles is 1. The number of hydrazine groups is 1. The lowest BCUT2D eigenvalue weighted by atomic mass is 9.98. The van der Waals surface area contributed by atoms with E-state index in [0.717, 1.165) is 5.56 Å². The second-order valence-electron chi connectivity index (χ2n) is 4.78. The van der Waals surface area contributed by atoms with Crippen LogP contribution in [0.4, 0.5) is 0 Å². The predicted molar refractivity (Wildman–Crippen MR) is 88.9 cm³/mol. The molecule has 0 aliphatic carbocycles. The van der Waals surface area contributed by atoms with Crippen molar-refractivity contribution in [3.8, 4) is 5.97 Å². The Morgan fingerprint density at radius 1 is 1.30 bits per heavy atom. The van der Waals surface area contributed by atoms with Gasteiger partial charge in [0.25, 0.3) is 5.91 Å². The van der Waals surface area contributed by atoms with E-state index in [1.54, 1.807) is 47.2 Å². The van der Waals surface area contributed by atoms with E-state index in [9.17, 15) is 4.79 Å². The third-order valence-electron chi connectivity index (χ3n) is 3.15. The van der Waals surface area contributed by atoms with E-state index >= 15 is 0 Å². The molecule has 0 fully saturated rings. The summed E-state index contributed by atoms with van der Waals surface area (Å²) in [6, 6.07) is 8.24. The van der Waals surface area contributed by atoms with E-state index in [2.05, 4.69) is 10.9 Å². The zero-order valence-electron chi connectivity index (χ0n) is 12.3. The summed E-state index contributed by atoms with van der Waals surface area (Å²) in [7, 11) is 1.32. The normalized spacial score (nSPS) is 11.6. The second-order valence-corrected chi connectivity index (χ2v) is 5.62. The first kappa shape index (κ1) is 17.3. The molecule has 2 aromatic rings.